The lowest BCUT2D eigenvalue weighted by molar-refractivity contribution is -0.127. The van der Waals surface area contributed by atoms with Gasteiger partial charge in [-0.2, -0.15) is 0 Å². The minimum atomic E-state index is 0.0128. The molecule has 0 aromatic heterocycles. The van der Waals surface area contributed by atoms with E-state index in [4.69, 9.17) is 5.73 Å². The van der Waals surface area contributed by atoms with Crippen molar-refractivity contribution >= 4 is 11.9 Å². The molecule has 0 spiro atoms. The molecule has 1 unspecified atom stereocenters. The summed E-state index contributed by atoms with van der Waals surface area (Å²) in [6, 6.07) is 0.216. The molecule has 0 aromatic carbocycles. The Balaban J connectivity index is 1.76. The number of rotatable bonds is 5. The average molecular weight is 324 g/mol. The summed E-state index contributed by atoms with van der Waals surface area (Å²) in [5.41, 5.74) is 5.76. The Morgan fingerprint density at radius 2 is 1.65 bits per heavy atom. The highest BCUT2D eigenvalue weighted by atomic mass is 16.2. The van der Waals surface area contributed by atoms with Crippen molar-refractivity contribution in [3.05, 3.63) is 0 Å². The Bertz CT molecular complexity index is 399. The zero-order chi connectivity index (χ0) is 16.8. The molecule has 2 saturated heterocycles. The number of hydrogen-bond acceptors (Lipinski definition) is 3. The van der Waals surface area contributed by atoms with Crippen molar-refractivity contribution in [1.29, 1.82) is 0 Å². The number of urea groups is 1. The summed E-state index contributed by atoms with van der Waals surface area (Å²) >= 11 is 0. The number of nitrogens with zero attached hydrogens (tertiary/aromatic N) is 2. The van der Waals surface area contributed by atoms with Crippen LogP contribution >= 0.6 is 0 Å². The largest absolute Gasteiger partial charge is 0.352 e. The number of nitrogens with two attached hydrogens (primary N) is 1. The number of likely N-dealkylation sites (tertiary alicyclic amines) is 2. The average Bonchev–Trinajstić information content (AvgIpc) is 3.07. The molecule has 2 rings (SSSR count). The van der Waals surface area contributed by atoms with Gasteiger partial charge in [0.05, 0.1) is 0 Å². The highest BCUT2D eigenvalue weighted by molar-refractivity contribution is 5.80. The predicted octanol–water partition coefficient (Wildman–Crippen LogP) is 1.40. The summed E-state index contributed by atoms with van der Waals surface area (Å²) in [6.07, 6.45) is 4.64. The molecule has 1 atom stereocenters. The minimum Gasteiger partial charge on any atom is -0.352 e. The van der Waals surface area contributed by atoms with Gasteiger partial charge in [0.1, 0.15) is 0 Å². The minimum absolute atomic E-state index is 0.0128. The predicted molar refractivity (Wildman–Crippen MR) is 90.9 cm³/mol. The van der Waals surface area contributed by atoms with Crippen LogP contribution in [0.15, 0.2) is 0 Å². The van der Waals surface area contributed by atoms with Crippen LogP contribution in [0.4, 0.5) is 4.79 Å². The molecule has 2 aliphatic heterocycles. The summed E-state index contributed by atoms with van der Waals surface area (Å²) in [5, 5.41) is 3.09. The van der Waals surface area contributed by atoms with E-state index in [0.717, 1.165) is 45.2 Å². The van der Waals surface area contributed by atoms with Crippen LogP contribution in [0.1, 0.15) is 46.0 Å². The number of hydrogen-bond donors (Lipinski definition) is 2. The van der Waals surface area contributed by atoms with E-state index in [1.807, 2.05) is 9.80 Å². The zero-order valence-electron chi connectivity index (χ0n) is 14.6. The fraction of sp³-hybridized carbons (Fsp3) is 0.882. The van der Waals surface area contributed by atoms with Crippen LogP contribution in [-0.2, 0) is 4.79 Å². The van der Waals surface area contributed by atoms with Crippen LogP contribution in [-0.4, -0.2) is 60.5 Å². The van der Waals surface area contributed by atoms with Crippen LogP contribution < -0.4 is 11.1 Å². The van der Waals surface area contributed by atoms with E-state index in [9.17, 15) is 9.59 Å². The summed E-state index contributed by atoms with van der Waals surface area (Å²) in [6.45, 7) is 7.89. The van der Waals surface area contributed by atoms with E-state index in [2.05, 4.69) is 19.2 Å². The van der Waals surface area contributed by atoms with Gasteiger partial charge in [0, 0.05) is 44.7 Å². The molecule has 132 valence electrons. The van der Waals surface area contributed by atoms with Crippen molar-refractivity contribution in [2.45, 2.75) is 52.0 Å². The van der Waals surface area contributed by atoms with Gasteiger partial charge in [-0.1, -0.05) is 13.8 Å². The lowest BCUT2D eigenvalue weighted by Gasteiger charge is -2.34. The summed E-state index contributed by atoms with van der Waals surface area (Å²) in [4.78, 5) is 28.6. The second kappa shape index (κ2) is 8.52. The van der Waals surface area contributed by atoms with Gasteiger partial charge in [-0.05, 0) is 38.0 Å². The van der Waals surface area contributed by atoms with Gasteiger partial charge in [0.15, 0.2) is 0 Å². The first-order valence-corrected chi connectivity index (χ1v) is 9.05. The monoisotopic (exact) mass is 324 g/mol. The van der Waals surface area contributed by atoms with Gasteiger partial charge in [0.2, 0.25) is 5.91 Å². The van der Waals surface area contributed by atoms with E-state index < -0.39 is 0 Å². The smallest absolute Gasteiger partial charge is 0.319 e. The Kier molecular flexibility index (Phi) is 6.69. The second-order valence-corrected chi connectivity index (χ2v) is 7.31. The van der Waals surface area contributed by atoms with Crippen molar-refractivity contribution in [2.24, 2.45) is 17.6 Å². The molecule has 2 aliphatic rings. The van der Waals surface area contributed by atoms with Crippen molar-refractivity contribution in [2.75, 3.05) is 32.7 Å². The maximum absolute atomic E-state index is 12.4. The topological polar surface area (TPSA) is 78.7 Å². The van der Waals surface area contributed by atoms with Gasteiger partial charge in [-0.3, -0.25) is 4.79 Å². The Labute approximate surface area is 139 Å². The molecule has 6 heteroatoms. The Morgan fingerprint density at radius 3 is 2.17 bits per heavy atom. The molecule has 2 fully saturated rings. The highest BCUT2D eigenvalue weighted by Gasteiger charge is 2.31. The van der Waals surface area contributed by atoms with E-state index in [-0.39, 0.29) is 23.9 Å². The molecule has 6 nitrogen and oxygen atoms in total. The first-order chi connectivity index (χ1) is 11.0. The first kappa shape index (κ1) is 18.0. The van der Waals surface area contributed by atoms with Gasteiger partial charge in [0.25, 0.3) is 0 Å². The summed E-state index contributed by atoms with van der Waals surface area (Å²) in [7, 11) is 0. The molecule has 3 N–H and O–H groups in total. The van der Waals surface area contributed by atoms with Gasteiger partial charge < -0.3 is 20.9 Å². The lowest BCUT2D eigenvalue weighted by atomic mass is 9.95. The van der Waals surface area contributed by atoms with Crippen molar-refractivity contribution in [3.63, 3.8) is 0 Å². The maximum Gasteiger partial charge on any atom is 0.319 e. The number of carbonyl (C=O) groups excluding carboxylic acids is 2. The van der Waals surface area contributed by atoms with Gasteiger partial charge >= 0.3 is 6.03 Å². The normalized spacial score (nSPS) is 20.9. The molecular formula is C17H32N4O2. The van der Waals surface area contributed by atoms with Crippen molar-refractivity contribution < 1.29 is 9.59 Å². The van der Waals surface area contributed by atoms with E-state index in [0.29, 0.717) is 25.6 Å². The van der Waals surface area contributed by atoms with Gasteiger partial charge in [-0.25, -0.2) is 4.79 Å². The fourth-order valence-electron chi connectivity index (χ4n) is 3.54. The third-order valence-corrected chi connectivity index (χ3v) is 4.90. The van der Waals surface area contributed by atoms with Crippen LogP contribution in [0.5, 0.6) is 0 Å². The maximum atomic E-state index is 12.4. The van der Waals surface area contributed by atoms with E-state index in [1.54, 1.807) is 0 Å². The molecule has 2 heterocycles. The third kappa shape index (κ3) is 5.09. The first-order valence-electron chi connectivity index (χ1n) is 9.05. The number of amides is 3. The van der Waals surface area contributed by atoms with Crippen LogP contribution in [0.25, 0.3) is 0 Å². The van der Waals surface area contributed by atoms with Crippen molar-refractivity contribution in [3.8, 4) is 0 Å². The van der Waals surface area contributed by atoms with E-state index in [1.165, 1.54) is 0 Å². The zero-order valence-corrected chi connectivity index (χ0v) is 14.6. The van der Waals surface area contributed by atoms with Crippen LogP contribution in [0.3, 0.4) is 0 Å². The SMILES string of the molecule is CC(C)CC(CN)NC(=O)C1CCN(C(=O)N2CCCC2)CC1. The number of nitrogens with one attached hydrogen (secondary N) is 1. The number of carbonyl (C=O) groups is 2. The third-order valence-electron chi connectivity index (χ3n) is 4.90. The quantitative estimate of drug-likeness (QED) is 0.802. The molecule has 0 radical (unpaired) electrons. The van der Waals surface area contributed by atoms with Gasteiger partial charge in [-0.15, -0.1) is 0 Å². The number of piperidine rings is 1. The molecule has 0 bridgehead atoms. The Morgan fingerprint density at radius 1 is 1.09 bits per heavy atom. The lowest BCUT2D eigenvalue weighted by Crippen LogP contribution is -2.49. The van der Waals surface area contributed by atoms with E-state index >= 15 is 0 Å². The van der Waals surface area contributed by atoms with Crippen LogP contribution in [0.2, 0.25) is 0 Å². The molecule has 0 aromatic rings. The molecule has 0 aliphatic carbocycles. The molecular weight excluding hydrogens is 292 g/mol. The summed E-state index contributed by atoms with van der Waals surface area (Å²) in [5.74, 6) is 0.636. The van der Waals surface area contributed by atoms with Crippen LogP contribution in [0, 0.1) is 11.8 Å². The Hall–Kier alpha value is -1.30. The molecule has 3 amide bonds. The second-order valence-electron chi connectivity index (χ2n) is 7.31. The standard InChI is InChI=1S/C17H32N4O2/c1-13(2)11-15(12-18)19-16(22)14-5-9-21(10-6-14)17(23)20-7-3-4-8-20/h13-15H,3-12,18H2,1-2H3,(H,19,22). The molecule has 0 saturated carbocycles. The molecule has 23 heavy (non-hydrogen) atoms. The fourth-order valence-corrected chi connectivity index (χ4v) is 3.54. The summed E-state index contributed by atoms with van der Waals surface area (Å²) < 4.78 is 0. The highest BCUT2D eigenvalue weighted by Crippen LogP contribution is 2.20. The van der Waals surface area contributed by atoms with Crippen molar-refractivity contribution in [1.82, 2.24) is 15.1 Å².